The molecule has 21 heavy (non-hydrogen) atoms. The Bertz CT molecular complexity index is 598. The molecule has 1 atom stereocenters. The molecule has 2 N–H and O–H groups in total. The molecule has 0 saturated heterocycles. The van der Waals surface area contributed by atoms with Crippen molar-refractivity contribution in [3.05, 3.63) is 60.2 Å². The van der Waals surface area contributed by atoms with Crippen molar-refractivity contribution in [2.45, 2.75) is 17.2 Å². The normalized spacial score (nSPS) is 13.4. The van der Waals surface area contributed by atoms with Gasteiger partial charge in [0.1, 0.15) is 5.75 Å². The lowest BCUT2D eigenvalue weighted by molar-refractivity contribution is -0.122. The van der Waals surface area contributed by atoms with Gasteiger partial charge in [0.2, 0.25) is 5.91 Å². The van der Waals surface area contributed by atoms with Gasteiger partial charge in [-0.05, 0) is 36.8 Å². The van der Waals surface area contributed by atoms with Crippen LogP contribution in [0.25, 0.3) is 0 Å². The van der Waals surface area contributed by atoms with E-state index in [9.17, 15) is 4.79 Å². The molecule has 0 aliphatic carbocycles. The van der Waals surface area contributed by atoms with Crippen LogP contribution in [-0.2, 0) is 10.2 Å². The van der Waals surface area contributed by atoms with Crippen molar-refractivity contribution in [1.82, 2.24) is 0 Å². The number of thioether (sulfide) groups is 1. The summed E-state index contributed by atoms with van der Waals surface area (Å²) in [6.07, 6.45) is 0. The minimum absolute atomic E-state index is 0.310. The zero-order chi connectivity index (χ0) is 15.3. The summed E-state index contributed by atoms with van der Waals surface area (Å²) in [5, 5.41) is 0. The molecule has 4 heteroatoms. The van der Waals surface area contributed by atoms with Gasteiger partial charge in [0.25, 0.3) is 0 Å². The first-order chi connectivity index (χ1) is 10.1. The number of primary amides is 1. The molecule has 0 aromatic heterocycles. The summed E-state index contributed by atoms with van der Waals surface area (Å²) in [7, 11) is 1.64. The molecule has 1 unspecified atom stereocenters. The average molecular weight is 301 g/mol. The number of hydrogen-bond donors (Lipinski definition) is 1. The van der Waals surface area contributed by atoms with Gasteiger partial charge in [-0.3, -0.25) is 4.79 Å². The molecule has 0 heterocycles. The van der Waals surface area contributed by atoms with Gasteiger partial charge in [0.05, 0.1) is 12.5 Å². The summed E-state index contributed by atoms with van der Waals surface area (Å²) >= 11 is 1.61. The number of amides is 1. The fourth-order valence-corrected chi connectivity index (χ4v) is 3.10. The summed E-state index contributed by atoms with van der Waals surface area (Å²) in [6.45, 7) is 1.89. The van der Waals surface area contributed by atoms with E-state index in [4.69, 9.17) is 10.5 Å². The van der Waals surface area contributed by atoms with Gasteiger partial charge in [-0.1, -0.05) is 30.3 Å². The van der Waals surface area contributed by atoms with Gasteiger partial charge in [-0.2, -0.15) is 0 Å². The maximum atomic E-state index is 11.9. The Morgan fingerprint density at radius 3 is 2.29 bits per heavy atom. The SMILES string of the molecule is COc1ccc(SCC(C)(C(N)=O)c2ccccc2)cc1. The van der Waals surface area contributed by atoms with E-state index in [0.717, 1.165) is 16.2 Å². The van der Waals surface area contributed by atoms with Crippen LogP contribution < -0.4 is 10.5 Å². The Hall–Kier alpha value is -1.94. The fraction of sp³-hybridized carbons (Fsp3) is 0.235. The van der Waals surface area contributed by atoms with Crippen molar-refractivity contribution in [1.29, 1.82) is 0 Å². The van der Waals surface area contributed by atoms with Gasteiger partial charge in [-0.25, -0.2) is 0 Å². The van der Waals surface area contributed by atoms with E-state index in [-0.39, 0.29) is 5.91 Å². The first kappa shape index (κ1) is 15.4. The molecular weight excluding hydrogens is 282 g/mol. The van der Waals surface area contributed by atoms with Crippen LogP contribution in [0.1, 0.15) is 12.5 Å². The molecule has 3 nitrogen and oxygen atoms in total. The lowest BCUT2D eigenvalue weighted by Gasteiger charge is -2.26. The Labute approximate surface area is 129 Å². The van der Waals surface area contributed by atoms with Crippen LogP contribution in [0.15, 0.2) is 59.5 Å². The van der Waals surface area contributed by atoms with E-state index < -0.39 is 5.41 Å². The van der Waals surface area contributed by atoms with Crippen LogP contribution in [0.5, 0.6) is 5.75 Å². The largest absolute Gasteiger partial charge is 0.497 e. The van der Waals surface area contributed by atoms with Crippen LogP contribution in [0.4, 0.5) is 0 Å². The predicted molar refractivity (Wildman–Crippen MR) is 86.7 cm³/mol. The highest BCUT2D eigenvalue weighted by Crippen LogP contribution is 2.32. The molecule has 1 amide bonds. The molecule has 2 aromatic carbocycles. The molecular formula is C17H19NO2S. The maximum Gasteiger partial charge on any atom is 0.228 e. The van der Waals surface area contributed by atoms with Crippen LogP contribution in [-0.4, -0.2) is 18.8 Å². The highest BCUT2D eigenvalue weighted by molar-refractivity contribution is 7.99. The van der Waals surface area contributed by atoms with Crippen molar-refractivity contribution >= 4 is 17.7 Å². The van der Waals surface area contributed by atoms with Crippen LogP contribution in [0.3, 0.4) is 0 Å². The minimum atomic E-state index is -0.689. The molecule has 110 valence electrons. The summed E-state index contributed by atoms with van der Waals surface area (Å²) in [6, 6.07) is 17.5. The average Bonchev–Trinajstić information content (AvgIpc) is 2.53. The Morgan fingerprint density at radius 2 is 1.76 bits per heavy atom. The molecule has 0 radical (unpaired) electrons. The van der Waals surface area contributed by atoms with Crippen molar-refractivity contribution in [3.8, 4) is 5.75 Å². The third-order valence-electron chi connectivity index (χ3n) is 3.54. The van der Waals surface area contributed by atoms with Gasteiger partial charge in [-0.15, -0.1) is 11.8 Å². The van der Waals surface area contributed by atoms with E-state index in [1.165, 1.54) is 0 Å². The number of ether oxygens (including phenoxy) is 1. The third-order valence-corrected chi connectivity index (χ3v) is 4.87. The molecule has 0 aliphatic heterocycles. The highest BCUT2D eigenvalue weighted by Gasteiger charge is 2.33. The van der Waals surface area contributed by atoms with Gasteiger partial charge in [0, 0.05) is 10.6 Å². The highest BCUT2D eigenvalue weighted by atomic mass is 32.2. The van der Waals surface area contributed by atoms with E-state index in [0.29, 0.717) is 5.75 Å². The second-order valence-electron chi connectivity index (χ2n) is 5.03. The molecule has 0 spiro atoms. The Morgan fingerprint density at radius 1 is 1.14 bits per heavy atom. The smallest absolute Gasteiger partial charge is 0.228 e. The number of hydrogen-bond acceptors (Lipinski definition) is 3. The second-order valence-corrected chi connectivity index (χ2v) is 6.08. The topological polar surface area (TPSA) is 52.3 Å². The lowest BCUT2D eigenvalue weighted by atomic mass is 9.84. The first-order valence-electron chi connectivity index (χ1n) is 6.68. The van der Waals surface area contributed by atoms with E-state index >= 15 is 0 Å². The van der Waals surface area contributed by atoms with Crippen molar-refractivity contribution in [3.63, 3.8) is 0 Å². The number of rotatable bonds is 6. The van der Waals surface area contributed by atoms with Gasteiger partial charge in [0.15, 0.2) is 0 Å². The zero-order valence-electron chi connectivity index (χ0n) is 12.2. The molecule has 2 aromatic rings. The number of carbonyl (C=O) groups excluding carboxylic acids is 1. The molecule has 0 saturated carbocycles. The first-order valence-corrected chi connectivity index (χ1v) is 7.67. The Balaban J connectivity index is 2.15. The van der Waals surface area contributed by atoms with E-state index in [2.05, 4.69) is 0 Å². The minimum Gasteiger partial charge on any atom is -0.497 e. The molecule has 0 bridgehead atoms. The number of benzene rings is 2. The number of methoxy groups -OCH3 is 1. The van der Waals surface area contributed by atoms with Crippen molar-refractivity contribution in [2.75, 3.05) is 12.9 Å². The van der Waals surface area contributed by atoms with Gasteiger partial charge >= 0.3 is 0 Å². The Kier molecular flexibility index (Phi) is 4.91. The lowest BCUT2D eigenvalue weighted by Crippen LogP contribution is -2.40. The summed E-state index contributed by atoms with van der Waals surface area (Å²) in [4.78, 5) is 13.0. The summed E-state index contributed by atoms with van der Waals surface area (Å²) in [5.74, 6) is 1.10. The van der Waals surface area contributed by atoms with Crippen LogP contribution in [0, 0.1) is 0 Å². The van der Waals surface area contributed by atoms with E-state index in [1.54, 1.807) is 18.9 Å². The molecule has 0 aliphatic rings. The van der Waals surface area contributed by atoms with Crippen molar-refractivity contribution < 1.29 is 9.53 Å². The predicted octanol–water partition coefficient (Wildman–Crippen LogP) is 3.23. The zero-order valence-corrected chi connectivity index (χ0v) is 13.0. The van der Waals surface area contributed by atoms with Crippen LogP contribution in [0.2, 0.25) is 0 Å². The quantitative estimate of drug-likeness (QED) is 0.833. The third kappa shape index (κ3) is 3.58. The fourth-order valence-electron chi connectivity index (χ4n) is 2.00. The van der Waals surface area contributed by atoms with Crippen molar-refractivity contribution in [2.24, 2.45) is 5.73 Å². The second kappa shape index (κ2) is 6.68. The number of nitrogens with two attached hydrogens (primary N) is 1. The monoisotopic (exact) mass is 301 g/mol. The molecule has 2 rings (SSSR count). The molecule has 0 fully saturated rings. The number of carbonyl (C=O) groups is 1. The van der Waals surface area contributed by atoms with E-state index in [1.807, 2.05) is 61.5 Å². The van der Waals surface area contributed by atoms with Gasteiger partial charge < -0.3 is 10.5 Å². The summed E-state index contributed by atoms with van der Waals surface area (Å²) < 4.78 is 5.14. The maximum absolute atomic E-state index is 11.9. The summed E-state index contributed by atoms with van der Waals surface area (Å²) in [5.41, 5.74) is 5.89. The standard InChI is InChI=1S/C17H19NO2S/c1-17(16(18)19,13-6-4-3-5-7-13)12-21-15-10-8-14(20-2)9-11-15/h3-11H,12H2,1-2H3,(H2,18,19). The van der Waals surface area contributed by atoms with Crippen LogP contribution >= 0.6 is 11.8 Å².